The number of hydrogen-bond acceptors (Lipinski definition) is 5. The van der Waals surface area contributed by atoms with Crippen LogP contribution in [0.4, 0.5) is 0 Å². The molecule has 21 heavy (non-hydrogen) atoms. The van der Waals surface area contributed by atoms with Gasteiger partial charge in [0.05, 0.1) is 6.54 Å². The maximum atomic E-state index is 12.3. The first-order valence-corrected chi connectivity index (χ1v) is 6.53. The molecule has 3 N–H and O–H groups in total. The van der Waals surface area contributed by atoms with Crippen LogP contribution in [0.5, 0.6) is 0 Å². The first-order chi connectivity index (χ1) is 9.97. The van der Waals surface area contributed by atoms with Gasteiger partial charge in [-0.15, -0.1) is 0 Å². The van der Waals surface area contributed by atoms with Gasteiger partial charge in [0, 0.05) is 32.4 Å². The first-order valence-electron chi connectivity index (χ1n) is 6.53. The third-order valence-electron chi connectivity index (χ3n) is 3.28. The van der Waals surface area contributed by atoms with Gasteiger partial charge in [-0.1, -0.05) is 0 Å². The molecule has 1 aliphatic rings. The van der Waals surface area contributed by atoms with E-state index in [0.717, 1.165) is 6.20 Å². The van der Waals surface area contributed by atoms with E-state index in [0.29, 0.717) is 32.6 Å². The van der Waals surface area contributed by atoms with Crippen molar-refractivity contribution < 1.29 is 14.7 Å². The van der Waals surface area contributed by atoms with Gasteiger partial charge < -0.3 is 15.0 Å². The highest BCUT2D eigenvalue weighted by molar-refractivity contribution is 5.93. The third-order valence-corrected chi connectivity index (χ3v) is 3.28. The minimum absolute atomic E-state index is 0.0682. The Morgan fingerprint density at radius 1 is 1.19 bits per heavy atom. The largest absolute Gasteiger partial charge is 0.480 e. The number of carboxylic acids is 1. The Morgan fingerprint density at radius 2 is 1.95 bits per heavy atom. The van der Waals surface area contributed by atoms with E-state index in [1.165, 1.54) is 4.90 Å². The fraction of sp³-hybridized carbons (Fsp3) is 0.500. The van der Waals surface area contributed by atoms with Crippen molar-refractivity contribution in [3.8, 4) is 0 Å². The van der Waals surface area contributed by atoms with Crippen LogP contribution in [0.15, 0.2) is 15.8 Å². The summed E-state index contributed by atoms with van der Waals surface area (Å²) in [5.74, 6) is -1.38. The molecule has 0 unspecified atom stereocenters. The van der Waals surface area contributed by atoms with Gasteiger partial charge in [0.1, 0.15) is 5.56 Å². The molecule has 1 aromatic rings. The van der Waals surface area contributed by atoms with E-state index in [1.54, 1.807) is 4.90 Å². The molecule has 1 saturated heterocycles. The van der Waals surface area contributed by atoms with Crippen LogP contribution in [-0.4, -0.2) is 69.5 Å². The Labute approximate surface area is 119 Å². The second kappa shape index (κ2) is 6.35. The van der Waals surface area contributed by atoms with Crippen molar-refractivity contribution >= 4 is 11.9 Å². The Balaban J connectivity index is 2.08. The number of aromatic amines is 2. The molecule has 9 heteroatoms. The van der Waals surface area contributed by atoms with Gasteiger partial charge in [0.2, 0.25) is 0 Å². The normalized spacial score (nSPS) is 16.5. The SMILES string of the molecule is O=C(O)CN1CCCN(C(=O)c2c[nH]c(=O)[nH]c2=O)CC1. The summed E-state index contributed by atoms with van der Waals surface area (Å²) in [5, 5.41) is 8.77. The number of aromatic nitrogens is 2. The Morgan fingerprint density at radius 3 is 2.62 bits per heavy atom. The number of aliphatic carboxylic acids is 1. The minimum atomic E-state index is -0.910. The molecular weight excluding hydrogens is 280 g/mol. The topological polar surface area (TPSA) is 127 Å². The van der Waals surface area contributed by atoms with Crippen LogP contribution >= 0.6 is 0 Å². The molecule has 1 fully saturated rings. The smallest absolute Gasteiger partial charge is 0.325 e. The van der Waals surface area contributed by atoms with Gasteiger partial charge >= 0.3 is 11.7 Å². The van der Waals surface area contributed by atoms with Gasteiger partial charge in [0.25, 0.3) is 11.5 Å². The lowest BCUT2D eigenvalue weighted by atomic mass is 10.2. The number of carboxylic acid groups (broad SMARTS) is 1. The Kier molecular flexibility index (Phi) is 4.53. The van der Waals surface area contributed by atoms with Crippen LogP contribution in [0, 0.1) is 0 Å². The second-order valence-electron chi connectivity index (χ2n) is 4.80. The van der Waals surface area contributed by atoms with Gasteiger partial charge in [0.15, 0.2) is 0 Å². The Hall–Kier alpha value is -2.42. The summed E-state index contributed by atoms with van der Waals surface area (Å²) in [6.45, 7) is 1.72. The number of carbonyl (C=O) groups excluding carboxylic acids is 1. The van der Waals surface area contributed by atoms with Crippen molar-refractivity contribution in [2.24, 2.45) is 0 Å². The molecule has 114 valence electrons. The maximum absolute atomic E-state index is 12.3. The molecule has 0 spiro atoms. The van der Waals surface area contributed by atoms with Crippen molar-refractivity contribution in [3.63, 3.8) is 0 Å². The van der Waals surface area contributed by atoms with E-state index in [4.69, 9.17) is 5.11 Å². The Bertz CT molecular complexity index is 650. The zero-order valence-corrected chi connectivity index (χ0v) is 11.3. The average molecular weight is 296 g/mol. The molecule has 0 radical (unpaired) electrons. The minimum Gasteiger partial charge on any atom is -0.480 e. The average Bonchev–Trinajstić information content (AvgIpc) is 2.63. The predicted octanol–water partition coefficient (Wildman–Crippen LogP) is -1.70. The quantitative estimate of drug-likeness (QED) is 0.610. The molecule has 1 aliphatic heterocycles. The fourth-order valence-corrected chi connectivity index (χ4v) is 2.26. The zero-order chi connectivity index (χ0) is 15.4. The van der Waals surface area contributed by atoms with E-state index in [-0.39, 0.29) is 12.1 Å². The van der Waals surface area contributed by atoms with Crippen molar-refractivity contribution in [1.82, 2.24) is 19.8 Å². The summed E-state index contributed by atoms with van der Waals surface area (Å²) in [4.78, 5) is 53.0. The van der Waals surface area contributed by atoms with Crippen LogP contribution in [-0.2, 0) is 4.79 Å². The first kappa shape index (κ1) is 15.0. The molecule has 1 amide bonds. The number of H-pyrrole nitrogens is 2. The van der Waals surface area contributed by atoms with Gasteiger partial charge in [-0.3, -0.25) is 24.3 Å². The number of hydrogen-bond donors (Lipinski definition) is 3. The molecule has 0 bridgehead atoms. The van der Waals surface area contributed by atoms with Crippen LogP contribution < -0.4 is 11.2 Å². The molecule has 0 aromatic carbocycles. The lowest BCUT2D eigenvalue weighted by molar-refractivity contribution is -0.138. The summed E-state index contributed by atoms with van der Waals surface area (Å²) in [6, 6.07) is 0. The van der Waals surface area contributed by atoms with Crippen LogP contribution in [0.2, 0.25) is 0 Å². The number of nitrogens with one attached hydrogen (secondary N) is 2. The van der Waals surface area contributed by atoms with E-state index in [9.17, 15) is 19.2 Å². The summed E-state index contributed by atoms with van der Waals surface area (Å²) < 4.78 is 0. The van der Waals surface area contributed by atoms with Gasteiger partial charge in [-0.2, -0.15) is 0 Å². The number of rotatable bonds is 3. The molecule has 9 nitrogen and oxygen atoms in total. The molecule has 0 saturated carbocycles. The van der Waals surface area contributed by atoms with Crippen molar-refractivity contribution in [3.05, 3.63) is 32.6 Å². The summed E-state index contributed by atoms with van der Waals surface area (Å²) >= 11 is 0. The summed E-state index contributed by atoms with van der Waals surface area (Å²) in [7, 11) is 0. The van der Waals surface area contributed by atoms with Crippen LogP contribution in [0.25, 0.3) is 0 Å². The molecule has 2 heterocycles. The molecule has 1 aromatic heterocycles. The zero-order valence-electron chi connectivity index (χ0n) is 11.3. The fourth-order valence-electron chi connectivity index (χ4n) is 2.26. The lowest BCUT2D eigenvalue weighted by Crippen LogP contribution is -2.39. The summed E-state index contributed by atoms with van der Waals surface area (Å²) in [6.07, 6.45) is 1.73. The standard InChI is InChI=1S/C12H16N4O5/c17-9(18)7-15-2-1-3-16(5-4-15)11(20)8-6-13-12(21)14-10(8)19/h6H,1-5,7H2,(H,17,18)(H2,13,14,19,21). The van der Waals surface area contributed by atoms with E-state index >= 15 is 0 Å². The monoisotopic (exact) mass is 296 g/mol. The highest BCUT2D eigenvalue weighted by Gasteiger charge is 2.23. The number of carbonyl (C=O) groups is 2. The van der Waals surface area contributed by atoms with E-state index in [2.05, 4.69) is 4.98 Å². The van der Waals surface area contributed by atoms with Crippen molar-refractivity contribution in [2.45, 2.75) is 6.42 Å². The predicted molar refractivity (Wildman–Crippen MR) is 72.3 cm³/mol. The van der Waals surface area contributed by atoms with E-state index in [1.807, 2.05) is 4.98 Å². The second-order valence-corrected chi connectivity index (χ2v) is 4.80. The molecule has 0 aliphatic carbocycles. The van der Waals surface area contributed by atoms with Crippen LogP contribution in [0.3, 0.4) is 0 Å². The molecule has 2 rings (SSSR count). The summed E-state index contributed by atoms with van der Waals surface area (Å²) in [5.41, 5.74) is -1.52. The van der Waals surface area contributed by atoms with Crippen molar-refractivity contribution in [1.29, 1.82) is 0 Å². The maximum Gasteiger partial charge on any atom is 0.325 e. The van der Waals surface area contributed by atoms with E-state index < -0.39 is 23.1 Å². The number of nitrogens with zero attached hydrogens (tertiary/aromatic N) is 2. The molecule has 0 atom stereocenters. The third kappa shape index (κ3) is 3.78. The highest BCUT2D eigenvalue weighted by atomic mass is 16.4. The van der Waals surface area contributed by atoms with Gasteiger partial charge in [-0.05, 0) is 6.42 Å². The highest BCUT2D eigenvalue weighted by Crippen LogP contribution is 2.06. The van der Waals surface area contributed by atoms with Gasteiger partial charge in [-0.25, -0.2) is 4.79 Å². The lowest BCUT2D eigenvalue weighted by Gasteiger charge is -2.20. The van der Waals surface area contributed by atoms with Crippen molar-refractivity contribution in [2.75, 3.05) is 32.7 Å². The van der Waals surface area contributed by atoms with Crippen LogP contribution in [0.1, 0.15) is 16.8 Å². The number of amides is 1. The molecular formula is C12H16N4O5.